The fourth-order valence-electron chi connectivity index (χ4n) is 3.11. The lowest BCUT2D eigenvalue weighted by Crippen LogP contribution is -2.47. The van der Waals surface area contributed by atoms with Gasteiger partial charge in [-0.3, -0.25) is 9.59 Å². The van der Waals surface area contributed by atoms with Gasteiger partial charge in [-0.25, -0.2) is 4.98 Å². The number of carbonyl (C=O) groups is 2. The van der Waals surface area contributed by atoms with Gasteiger partial charge >= 0.3 is 0 Å². The molecule has 7 heteroatoms. The number of amides is 1. The summed E-state index contributed by atoms with van der Waals surface area (Å²) in [6.45, 7) is 4.06. The van der Waals surface area contributed by atoms with Crippen LogP contribution >= 0.6 is 0 Å². The molecular formula is C19H19N5O2. The summed E-state index contributed by atoms with van der Waals surface area (Å²) in [5.41, 5.74) is 7.73. The summed E-state index contributed by atoms with van der Waals surface area (Å²) in [5.74, 6) is 0.0445. The molecule has 1 fully saturated rings. The number of anilines is 2. The van der Waals surface area contributed by atoms with E-state index < -0.39 is 5.91 Å². The number of piperazine rings is 1. The van der Waals surface area contributed by atoms with Crippen molar-refractivity contribution in [2.45, 2.75) is 6.92 Å². The fourth-order valence-corrected chi connectivity index (χ4v) is 3.11. The highest BCUT2D eigenvalue weighted by atomic mass is 16.1. The van der Waals surface area contributed by atoms with E-state index in [4.69, 9.17) is 5.73 Å². The molecule has 0 saturated carbocycles. The van der Waals surface area contributed by atoms with Gasteiger partial charge in [-0.15, -0.1) is 0 Å². The van der Waals surface area contributed by atoms with E-state index in [1.165, 1.54) is 6.92 Å². The molecule has 2 aromatic rings. The second kappa shape index (κ2) is 7.23. The smallest absolute Gasteiger partial charge is 0.252 e. The van der Waals surface area contributed by atoms with E-state index in [9.17, 15) is 14.9 Å². The molecular weight excluding hydrogens is 330 g/mol. The van der Waals surface area contributed by atoms with E-state index in [1.807, 2.05) is 4.90 Å². The van der Waals surface area contributed by atoms with E-state index in [-0.39, 0.29) is 5.78 Å². The number of Topliss-reactive ketones (excluding diaryl/α,β-unsaturated/α-hetero) is 1. The summed E-state index contributed by atoms with van der Waals surface area (Å²) >= 11 is 0. The molecule has 1 aliphatic heterocycles. The molecule has 7 nitrogen and oxygen atoms in total. The zero-order valence-corrected chi connectivity index (χ0v) is 14.5. The molecule has 26 heavy (non-hydrogen) atoms. The Labute approximate surface area is 151 Å². The summed E-state index contributed by atoms with van der Waals surface area (Å²) in [6, 6.07) is 10.7. The molecule has 132 valence electrons. The van der Waals surface area contributed by atoms with Gasteiger partial charge in [0.15, 0.2) is 5.78 Å². The first-order valence-electron chi connectivity index (χ1n) is 8.31. The van der Waals surface area contributed by atoms with Crippen LogP contribution in [0.1, 0.15) is 33.2 Å². The standard InChI is InChI=1S/C19H19N5O2/c1-13(25)14-4-5-15(12-20)17(11-14)23-7-9-24(10-8-23)19-16(18(21)26)3-2-6-22-19/h2-6,11H,7-10H2,1H3,(H2,21,26). The molecule has 3 rings (SSSR count). The summed E-state index contributed by atoms with van der Waals surface area (Å²) in [4.78, 5) is 31.7. The third-order valence-corrected chi connectivity index (χ3v) is 4.50. The number of nitrogens with two attached hydrogens (primary N) is 1. The lowest BCUT2D eigenvalue weighted by molar-refractivity contribution is 0.0996. The Kier molecular flexibility index (Phi) is 4.85. The van der Waals surface area contributed by atoms with Gasteiger partial charge in [0, 0.05) is 37.9 Å². The number of hydrogen-bond donors (Lipinski definition) is 1. The van der Waals surface area contributed by atoms with Crippen molar-refractivity contribution in [3.05, 3.63) is 53.2 Å². The van der Waals surface area contributed by atoms with E-state index >= 15 is 0 Å². The highest BCUT2D eigenvalue weighted by molar-refractivity contribution is 5.97. The maximum atomic E-state index is 11.7. The molecule has 1 saturated heterocycles. The average molecular weight is 349 g/mol. The van der Waals surface area contributed by atoms with Crippen molar-refractivity contribution in [2.24, 2.45) is 5.73 Å². The van der Waals surface area contributed by atoms with Crippen LogP contribution in [0.5, 0.6) is 0 Å². The van der Waals surface area contributed by atoms with Crippen LogP contribution in [-0.2, 0) is 0 Å². The first-order chi connectivity index (χ1) is 12.5. The minimum absolute atomic E-state index is 0.0334. The van der Waals surface area contributed by atoms with Crippen LogP contribution in [0.2, 0.25) is 0 Å². The SMILES string of the molecule is CC(=O)c1ccc(C#N)c(N2CCN(c3ncccc3C(N)=O)CC2)c1. The topological polar surface area (TPSA) is 103 Å². The highest BCUT2D eigenvalue weighted by Gasteiger charge is 2.23. The molecule has 1 aromatic heterocycles. The monoisotopic (exact) mass is 349 g/mol. The Morgan fingerprint density at radius 1 is 1.15 bits per heavy atom. The van der Waals surface area contributed by atoms with E-state index in [0.29, 0.717) is 48.7 Å². The molecule has 0 aliphatic carbocycles. The Morgan fingerprint density at radius 2 is 1.85 bits per heavy atom. The number of primary amides is 1. The normalized spacial score (nSPS) is 14.0. The highest BCUT2D eigenvalue weighted by Crippen LogP contribution is 2.25. The fraction of sp³-hybridized carbons (Fsp3) is 0.263. The quantitative estimate of drug-likeness (QED) is 0.841. The minimum Gasteiger partial charge on any atom is -0.367 e. The van der Waals surface area contributed by atoms with Gasteiger partial charge in [0.1, 0.15) is 11.9 Å². The Hall–Kier alpha value is -3.40. The van der Waals surface area contributed by atoms with Crippen LogP contribution < -0.4 is 15.5 Å². The van der Waals surface area contributed by atoms with Crippen LogP contribution in [-0.4, -0.2) is 42.9 Å². The number of ketones is 1. The second-order valence-corrected chi connectivity index (χ2v) is 6.11. The number of pyridine rings is 1. The zero-order valence-electron chi connectivity index (χ0n) is 14.5. The van der Waals surface area contributed by atoms with Crippen molar-refractivity contribution in [2.75, 3.05) is 36.0 Å². The molecule has 2 heterocycles. The van der Waals surface area contributed by atoms with Crippen LogP contribution in [0.15, 0.2) is 36.5 Å². The first kappa shape index (κ1) is 17.4. The molecule has 0 spiro atoms. The maximum Gasteiger partial charge on any atom is 0.252 e. The number of hydrogen-bond acceptors (Lipinski definition) is 6. The van der Waals surface area contributed by atoms with Crippen LogP contribution in [0.25, 0.3) is 0 Å². The minimum atomic E-state index is -0.503. The largest absolute Gasteiger partial charge is 0.367 e. The Balaban J connectivity index is 1.82. The average Bonchev–Trinajstić information content (AvgIpc) is 2.67. The number of carbonyl (C=O) groups excluding carboxylic acids is 2. The Morgan fingerprint density at radius 3 is 2.46 bits per heavy atom. The van der Waals surface area contributed by atoms with Crippen molar-refractivity contribution in [3.63, 3.8) is 0 Å². The van der Waals surface area contributed by atoms with Gasteiger partial charge in [-0.2, -0.15) is 5.26 Å². The van der Waals surface area contributed by atoms with Crippen molar-refractivity contribution in [3.8, 4) is 6.07 Å². The molecule has 2 N–H and O–H groups in total. The number of rotatable bonds is 4. The maximum absolute atomic E-state index is 11.7. The van der Waals surface area contributed by atoms with Crippen LogP contribution in [0.4, 0.5) is 11.5 Å². The summed E-state index contributed by atoms with van der Waals surface area (Å²) in [5, 5.41) is 9.37. The van der Waals surface area contributed by atoms with Crippen molar-refractivity contribution in [1.29, 1.82) is 5.26 Å². The van der Waals surface area contributed by atoms with Gasteiger partial charge < -0.3 is 15.5 Å². The van der Waals surface area contributed by atoms with Gasteiger partial charge in [-0.1, -0.05) is 0 Å². The van der Waals surface area contributed by atoms with Gasteiger partial charge in [0.2, 0.25) is 0 Å². The van der Waals surface area contributed by atoms with Crippen LogP contribution in [0.3, 0.4) is 0 Å². The summed E-state index contributed by atoms with van der Waals surface area (Å²) < 4.78 is 0. The van der Waals surface area contributed by atoms with E-state index in [1.54, 1.807) is 36.5 Å². The van der Waals surface area contributed by atoms with Gasteiger partial charge in [0.05, 0.1) is 16.8 Å². The molecule has 0 atom stereocenters. The predicted octanol–water partition coefficient (Wildman–Crippen LogP) is 1.58. The summed E-state index contributed by atoms with van der Waals surface area (Å²) in [6.07, 6.45) is 1.64. The first-order valence-corrected chi connectivity index (χ1v) is 8.31. The third kappa shape index (κ3) is 3.35. The van der Waals surface area contributed by atoms with E-state index in [2.05, 4.69) is 16.0 Å². The van der Waals surface area contributed by atoms with E-state index in [0.717, 1.165) is 5.69 Å². The third-order valence-electron chi connectivity index (χ3n) is 4.50. The molecule has 0 bridgehead atoms. The summed E-state index contributed by atoms with van der Waals surface area (Å²) in [7, 11) is 0. The van der Waals surface area contributed by atoms with Gasteiger partial charge in [0.25, 0.3) is 5.91 Å². The second-order valence-electron chi connectivity index (χ2n) is 6.11. The lowest BCUT2D eigenvalue weighted by atomic mass is 10.1. The number of nitriles is 1. The van der Waals surface area contributed by atoms with Crippen molar-refractivity contribution in [1.82, 2.24) is 4.98 Å². The Bertz CT molecular complexity index is 895. The molecule has 1 aliphatic rings. The van der Waals surface area contributed by atoms with Crippen molar-refractivity contribution < 1.29 is 9.59 Å². The molecule has 0 unspecified atom stereocenters. The number of nitrogens with zero attached hydrogens (tertiary/aromatic N) is 4. The number of benzene rings is 1. The predicted molar refractivity (Wildman–Crippen MR) is 98.3 cm³/mol. The molecule has 1 aromatic carbocycles. The van der Waals surface area contributed by atoms with Crippen molar-refractivity contribution >= 4 is 23.2 Å². The van der Waals surface area contributed by atoms with Crippen LogP contribution in [0, 0.1) is 11.3 Å². The molecule has 0 radical (unpaired) electrons. The number of aromatic nitrogens is 1. The molecule has 1 amide bonds. The van der Waals surface area contributed by atoms with Gasteiger partial charge in [-0.05, 0) is 37.3 Å². The zero-order chi connectivity index (χ0) is 18.7. The lowest BCUT2D eigenvalue weighted by Gasteiger charge is -2.37.